The highest BCUT2D eigenvalue weighted by atomic mass is 16.6. The maximum Gasteiger partial charge on any atom is 0.303 e. The minimum Gasteiger partial charge on any atom is -0.461 e. The largest absolute Gasteiger partial charge is 0.461 e. The first-order valence-corrected chi connectivity index (χ1v) is 11.9. The van der Waals surface area contributed by atoms with E-state index < -0.39 is 70.8 Å². The fourth-order valence-electron chi connectivity index (χ4n) is 6.68. The minimum atomic E-state index is -1.76. The molecule has 0 unspecified atom stereocenters. The van der Waals surface area contributed by atoms with Gasteiger partial charge in [-0.05, 0) is 37.5 Å². The van der Waals surface area contributed by atoms with Gasteiger partial charge in [-0.1, -0.05) is 13.5 Å². The highest BCUT2D eigenvalue weighted by Gasteiger charge is 2.73. The summed E-state index contributed by atoms with van der Waals surface area (Å²) in [4.78, 5) is 50.5. The molecule has 0 aromatic carbocycles. The Bertz CT molecular complexity index is 1040. The number of ether oxygens (including phenoxy) is 3. The lowest BCUT2D eigenvalue weighted by Crippen LogP contribution is -2.63. The van der Waals surface area contributed by atoms with Crippen LogP contribution in [0.3, 0.4) is 0 Å². The Kier molecular flexibility index (Phi) is 7.06. The molecule has 0 bridgehead atoms. The number of aliphatic hydroxyl groups is 3. The highest BCUT2D eigenvalue weighted by molar-refractivity contribution is 6.00. The van der Waals surface area contributed by atoms with Crippen molar-refractivity contribution >= 4 is 23.7 Å². The molecule has 0 heterocycles. The molecule has 0 aromatic heterocycles. The van der Waals surface area contributed by atoms with Crippen molar-refractivity contribution in [1.82, 2.24) is 0 Å². The molecule has 0 aromatic rings. The third kappa shape index (κ3) is 3.99. The zero-order valence-electron chi connectivity index (χ0n) is 21.8. The number of carbonyl (C=O) groups is 4. The van der Waals surface area contributed by atoms with Gasteiger partial charge in [0.2, 0.25) is 0 Å². The van der Waals surface area contributed by atoms with Crippen LogP contribution in [0, 0.1) is 16.7 Å². The number of esters is 3. The van der Waals surface area contributed by atoms with E-state index >= 15 is 0 Å². The molecule has 36 heavy (non-hydrogen) atoms. The van der Waals surface area contributed by atoms with Crippen molar-refractivity contribution in [3.05, 3.63) is 23.3 Å². The molecule has 0 radical (unpaired) electrons. The summed E-state index contributed by atoms with van der Waals surface area (Å²) < 4.78 is 17.4. The number of aliphatic hydroxyl groups excluding tert-OH is 2. The van der Waals surface area contributed by atoms with Crippen molar-refractivity contribution in [2.45, 2.75) is 97.4 Å². The van der Waals surface area contributed by atoms with Gasteiger partial charge in [0.25, 0.3) is 0 Å². The van der Waals surface area contributed by atoms with Gasteiger partial charge >= 0.3 is 17.9 Å². The van der Waals surface area contributed by atoms with Crippen LogP contribution in [-0.2, 0) is 33.4 Å². The fraction of sp³-hybridized carbons (Fsp3) is 0.692. The van der Waals surface area contributed by atoms with Crippen LogP contribution in [0.25, 0.3) is 0 Å². The van der Waals surface area contributed by atoms with Crippen molar-refractivity contribution in [2.75, 3.05) is 0 Å². The van der Waals surface area contributed by atoms with E-state index in [1.54, 1.807) is 6.92 Å². The normalized spacial score (nSPS) is 38.6. The van der Waals surface area contributed by atoms with Crippen molar-refractivity contribution in [3.63, 3.8) is 0 Å². The summed E-state index contributed by atoms with van der Waals surface area (Å²) in [5, 5.41) is 33.9. The lowest BCUT2D eigenvalue weighted by molar-refractivity contribution is -0.207. The summed E-state index contributed by atoms with van der Waals surface area (Å²) in [6.45, 7) is 13.5. The second-order valence-corrected chi connectivity index (χ2v) is 10.9. The zero-order valence-corrected chi connectivity index (χ0v) is 21.8. The van der Waals surface area contributed by atoms with Crippen molar-refractivity contribution in [3.8, 4) is 0 Å². The Morgan fingerprint density at radius 1 is 1.00 bits per heavy atom. The number of Topliss-reactive ketones (excluding diaryl/α,β-unsaturated/α-hetero) is 1. The number of rotatable bonds is 4. The molecule has 2 saturated carbocycles. The first kappa shape index (κ1) is 28.0. The summed E-state index contributed by atoms with van der Waals surface area (Å²) in [6.07, 6.45) is -7.16. The molecule has 0 spiro atoms. The zero-order chi connectivity index (χ0) is 27.5. The van der Waals surface area contributed by atoms with Gasteiger partial charge in [0.1, 0.15) is 6.10 Å². The fourth-order valence-corrected chi connectivity index (χ4v) is 6.68. The number of hydrogen-bond donors (Lipinski definition) is 3. The Morgan fingerprint density at radius 2 is 1.50 bits per heavy atom. The molecule has 3 rings (SSSR count). The highest BCUT2D eigenvalue weighted by Crippen LogP contribution is 2.65. The topological polar surface area (TPSA) is 157 Å². The standard InChI is InChI=1S/C26H36O10/c1-11-16(30)9-18(32)25(8)20(11)22(35-14(4)28)26(24(6,7)33)10-17(31)12(2)19(26)21(34-13(3)27)23(25)36-15(5)29/h16,18,20-23,30,32-33H,1,9-10H2,2-8H3/t16-,18-,20-,21-,22-,23+,25+,26+/m1/s1. The molecule has 3 aliphatic carbocycles. The van der Waals surface area contributed by atoms with Crippen LogP contribution < -0.4 is 0 Å². The molecule has 3 N–H and O–H groups in total. The number of fused-ring (bicyclic) bond motifs is 2. The SMILES string of the molecule is C=C1[C@H](O)C[C@@H](O)[C@@]2(C)[C@H]1[C@@H](OC(C)=O)[C@]1(C(C)(C)O)CC(=O)C(C)=C1[C@@H](OC(C)=O)[C@@H]2OC(C)=O. The predicted molar refractivity (Wildman–Crippen MR) is 125 cm³/mol. The number of carbonyl (C=O) groups excluding carboxylic acids is 4. The van der Waals surface area contributed by atoms with Gasteiger partial charge in [-0.2, -0.15) is 0 Å². The van der Waals surface area contributed by atoms with Crippen LogP contribution in [0.5, 0.6) is 0 Å². The predicted octanol–water partition coefficient (Wildman–Crippen LogP) is 1.15. The third-order valence-corrected chi connectivity index (χ3v) is 8.34. The van der Waals surface area contributed by atoms with Gasteiger partial charge < -0.3 is 29.5 Å². The van der Waals surface area contributed by atoms with Crippen molar-refractivity contribution in [1.29, 1.82) is 0 Å². The van der Waals surface area contributed by atoms with Gasteiger partial charge in [-0.3, -0.25) is 19.2 Å². The Morgan fingerprint density at radius 3 is 1.97 bits per heavy atom. The lowest BCUT2D eigenvalue weighted by atomic mass is 9.54. The molecule has 0 saturated heterocycles. The summed E-state index contributed by atoms with van der Waals surface area (Å²) in [7, 11) is 0. The van der Waals surface area contributed by atoms with Crippen LogP contribution in [-0.4, -0.2) is 75.1 Å². The van der Waals surface area contributed by atoms with E-state index in [-0.39, 0.29) is 35.3 Å². The third-order valence-electron chi connectivity index (χ3n) is 8.34. The van der Waals surface area contributed by atoms with Crippen LogP contribution >= 0.6 is 0 Å². The quantitative estimate of drug-likeness (QED) is 0.286. The molecular formula is C26H36O10. The smallest absolute Gasteiger partial charge is 0.303 e. The maximum absolute atomic E-state index is 13.3. The second-order valence-electron chi connectivity index (χ2n) is 10.9. The van der Waals surface area contributed by atoms with Crippen molar-refractivity contribution < 1.29 is 48.7 Å². The summed E-state index contributed by atoms with van der Waals surface area (Å²) in [5.74, 6) is -3.72. The van der Waals surface area contributed by atoms with E-state index in [1.165, 1.54) is 27.7 Å². The summed E-state index contributed by atoms with van der Waals surface area (Å²) in [5.41, 5.74) is -4.44. The molecule has 0 aliphatic heterocycles. The molecular weight excluding hydrogens is 472 g/mol. The molecule has 10 nitrogen and oxygen atoms in total. The summed E-state index contributed by atoms with van der Waals surface area (Å²) in [6, 6.07) is 0. The van der Waals surface area contributed by atoms with Crippen LogP contribution in [0.15, 0.2) is 23.3 Å². The van der Waals surface area contributed by atoms with E-state index in [2.05, 4.69) is 6.58 Å². The number of ketones is 1. The van der Waals surface area contributed by atoms with Crippen LogP contribution in [0.4, 0.5) is 0 Å². The first-order valence-electron chi connectivity index (χ1n) is 11.9. The number of allylic oxidation sites excluding steroid dienone is 1. The molecule has 0 amide bonds. The van der Waals surface area contributed by atoms with Gasteiger partial charge in [0.05, 0.1) is 23.2 Å². The van der Waals surface area contributed by atoms with Crippen molar-refractivity contribution in [2.24, 2.45) is 16.7 Å². The van der Waals surface area contributed by atoms with Gasteiger partial charge in [-0.15, -0.1) is 0 Å². The number of hydrogen-bond acceptors (Lipinski definition) is 10. The molecule has 2 fully saturated rings. The average Bonchev–Trinajstić information content (AvgIpc) is 2.95. The van der Waals surface area contributed by atoms with Gasteiger partial charge in [0, 0.05) is 44.9 Å². The Hall–Kier alpha value is -2.56. The second kappa shape index (κ2) is 9.08. The lowest BCUT2D eigenvalue weighted by Gasteiger charge is -2.55. The Balaban J connectivity index is 2.56. The monoisotopic (exact) mass is 508 g/mol. The van der Waals surface area contributed by atoms with E-state index in [9.17, 15) is 34.5 Å². The average molecular weight is 509 g/mol. The van der Waals surface area contributed by atoms with Crippen LogP contribution in [0.1, 0.15) is 61.3 Å². The van der Waals surface area contributed by atoms with E-state index in [1.807, 2.05) is 0 Å². The molecule has 200 valence electrons. The summed E-state index contributed by atoms with van der Waals surface area (Å²) >= 11 is 0. The van der Waals surface area contributed by atoms with E-state index in [0.717, 1.165) is 13.8 Å². The first-order chi connectivity index (χ1) is 16.4. The van der Waals surface area contributed by atoms with E-state index in [0.29, 0.717) is 0 Å². The van der Waals surface area contributed by atoms with Gasteiger partial charge in [-0.25, -0.2) is 0 Å². The maximum atomic E-state index is 13.3. The molecule has 8 atom stereocenters. The van der Waals surface area contributed by atoms with E-state index in [4.69, 9.17) is 14.2 Å². The molecule has 3 aliphatic rings. The van der Waals surface area contributed by atoms with Crippen LogP contribution in [0.2, 0.25) is 0 Å². The van der Waals surface area contributed by atoms with Gasteiger partial charge in [0.15, 0.2) is 18.0 Å². The molecule has 10 heteroatoms. The minimum absolute atomic E-state index is 0.151. The Labute approximate surface area is 210 Å².